The number of anilines is 1. The van der Waals surface area contributed by atoms with Crippen molar-refractivity contribution in [2.75, 3.05) is 5.32 Å². The minimum atomic E-state index is -0.0777. The first kappa shape index (κ1) is 13.0. The van der Waals surface area contributed by atoms with Crippen molar-refractivity contribution in [2.45, 2.75) is 6.92 Å². The van der Waals surface area contributed by atoms with E-state index in [1.54, 1.807) is 11.3 Å². The lowest BCUT2D eigenvalue weighted by atomic mass is 10.2. The third-order valence-electron chi connectivity index (χ3n) is 2.69. The topological polar surface area (TPSA) is 42.0 Å². The van der Waals surface area contributed by atoms with Crippen LogP contribution < -0.4 is 5.32 Å². The summed E-state index contributed by atoms with van der Waals surface area (Å²) in [7, 11) is 0. The van der Waals surface area contributed by atoms with Gasteiger partial charge in [0.25, 0.3) is 0 Å². The molecular formula is C15H12N2OS2. The second kappa shape index (κ2) is 5.56. The number of nitrogens with zero attached hydrogens (tertiary/aromatic N) is 1. The highest BCUT2D eigenvalue weighted by Gasteiger charge is 2.15. The predicted octanol–water partition coefficient (Wildman–Crippen LogP) is 4.50. The van der Waals surface area contributed by atoms with E-state index in [-0.39, 0.29) is 5.91 Å². The third kappa shape index (κ3) is 2.64. The SMILES string of the molecule is CC(=O)Nc1sc(-c2ccccc2)nc1-c1cccs1. The number of amides is 1. The highest BCUT2D eigenvalue weighted by Crippen LogP contribution is 2.39. The average Bonchev–Trinajstić information content (AvgIpc) is 3.08. The van der Waals surface area contributed by atoms with Crippen LogP contribution in [0.25, 0.3) is 21.1 Å². The minimum absolute atomic E-state index is 0.0777. The molecule has 2 heterocycles. The van der Waals surface area contributed by atoms with Crippen LogP contribution in [-0.2, 0) is 4.79 Å². The highest BCUT2D eigenvalue weighted by molar-refractivity contribution is 7.20. The Labute approximate surface area is 124 Å². The van der Waals surface area contributed by atoms with Crippen molar-refractivity contribution in [1.82, 2.24) is 4.98 Å². The number of aromatic nitrogens is 1. The van der Waals surface area contributed by atoms with Gasteiger partial charge in [-0.05, 0) is 11.4 Å². The fourth-order valence-electron chi connectivity index (χ4n) is 1.85. The van der Waals surface area contributed by atoms with Crippen molar-refractivity contribution in [3.05, 3.63) is 47.8 Å². The van der Waals surface area contributed by atoms with Crippen LogP contribution >= 0.6 is 22.7 Å². The molecule has 3 aromatic rings. The van der Waals surface area contributed by atoms with Gasteiger partial charge in [0, 0.05) is 12.5 Å². The van der Waals surface area contributed by atoms with E-state index in [2.05, 4.69) is 5.32 Å². The summed E-state index contributed by atoms with van der Waals surface area (Å²) in [5.74, 6) is -0.0777. The van der Waals surface area contributed by atoms with Gasteiger partial charge in [0.1, 0.15) is 15.7 Å². The minimum Gasteiger partial charge on any atom is -0.316 e. The molecular weight excluding hydrogens is 288 g/mol. The zero-order valence-electron chi connectivity index (χ0n) is 10.8. The predicted molar refractivity (Wildman–Crippen MR) is 85.2 cm³/mol. The van der Waals surface area contributed by atoms with E-state index in [1.165, 1.54) is 18.3 Å². The summed E-state index contributed by atoms with van der Waals surface area (Å²) in [5.41, 5.74) is 1.91. The highest BCUT2D eigenvalue weighted by atomic mass is 32.1. The van der Waals surface area contributed by atoms with Gasteiger partial charge in [-0.25, -0.2) is 4.98 Å². The van der Waals surface area contributed by atoms with Crippen molar-refractivity contribution < 1.29 is 4.79 Å². The van der Waals surface area contributed by atoms with E-state index in [0.717, 1.165) is 26.1 Å². The molecule has 100 valence electrons. The molecule has 3 rings (SSSR count). The number of nitrogens with one attached hydrogen (secondary N) is 1. The molecule has 5 heteroatoms. The Kier molecular flexibility index (Phi) is 3.62. The number of hydrogen-bond donors (Lipinski definition) is 1. The van der Waals surface area contributed by atoms with Gasteiger partial charge in [0.15, 0.2) is 0 Å². The summed E-state index contributed by atoms with van der Waals surface area (Å²) < 4.78 is 0. The second-order valence-electron chi connectivity index (χ2n) is 4.22. The lowest BCUT2D eigenvalue weighted by molar-refractivity contribution is -0.114. The molecule has 0 saturated heterocycles. The number of thiophene rings is 1. The monoisotopic (exact) mass is 300 g/mol. The van der Waals surface area contributed by atoms with Gasteiger partial charge in [-0.15, -0.1) is 11.3 Å². The molecule has 0 unspecified atom stereocenters. The zero-order valence-corrected chi connectivity index (χ0v) is 12.4. The molecule has 0 aliphatic heterocycles. The van der Waals surface area contributed by atoms with E-state index in [1.807, 2.05) is 47.8 Å². The molecule has 0 radical (unpaired) electrons. The van der Waals surface area contributed by atoms with Crippen molar-refractivity contribution >= 4 is 33.6 Å². The number of benzene rings is 1. The number of carbonyl (C=O) groups is 1. The summed E-state index contributed by atoms with van der Waals surface area (Å²) in [6.45, 7) is 1.51. The maximum atomic E-state index is 11.4. The fourth-order valence-corrected chi connectivity index (χ4v) is 3.67. The van der Waals surface area contributed by atoms with Crippen LogP contribution in [0.3, 0.4) is 0 Å². The van der Waals surface area contributed by atoms with Gasteiger partial charge < -0.3 is 5.32 Å². The van der Waals surface area contributed by atoms with Crippen LogP contribution in [0.5, 0.6) is 0 Å². The Balaban J connectivity index is 2.08. The maximum Gasteiger partial charge on any atom is 0.221 e. The van der Waals surface area contributed by atoms with Crippen molar-refractivity contribution in [3.8, 4) is 21.1 Å². The van der Waals surface area contributed by atoms with Gasteiger partial charge in [-0.2, -0.15) is 0 Å². The van der Waals surface area contributed by atoms with Crippen LogP contribution in [0.1, 0.15) is 6.92 Å². The first-order valence-electron chi connectivity index (χ1n) is 6.12. The number of thiazole rings is 1. The fraction of sp³-hybridized carbons (Fsp3) is 0.0667. The zero-order chi connectivity index (χ0) is 13.9. The van der Waals surface area contributed by atoms with Crippen LogP contribution in [0.4, 0.5) is 5.00 Å². The number of carbonyl (C=O) groups excluding carboxylic acids is 1. The van der Waals surface area contributed by atoms with Gasteiger partial charge in [-0.1, -0.05) is 47.7 Å². The molecule has 0 aliphatic carbocycles. The quantitative estimate of drug-likeness (QED) is 0.774. The van der Waals surface area contributed by atoms with Crippen molar-refractivity contribution in [3.63, 3.8) is 0 Å². The first-order valence-corrected chi connectivity index (χ1v) is 7.81. The maximum absolute atomic E-state index is 11.4. The van der Waals surface area contributed by atoms with E-state index < -0.39 is 0 Å². The first-order chi connectivity index (χ1) is 9.74. The lowest BCUT2D eigenvalue weighted by Gasteiger charge is -1.99. The molecule has 0 fully saturated rings. The summed E-state index contributed by atoms with van der Waals surface area (Å²) in [4.78, 5) is 17.1. The van der Waals surface area contributed by atoms with Crippen LogP contribution in [0.2, 0.25) is 0 Å². The van der Waals surface area contributed by atoms with E-state index in [4.69, 9.17) is 4.98 Å². The molecule has 1 N–H and O–H groups in total. The Bertz CT molecular complexity index is 718. The van der Waals surface area contributed by atoms with E-state index >= 15 is 0 Å². The van der Waals surface area contributed by atoms with Crippen molar-refractivity contribution in [1.29, 1.82) is 0 Å². The Morgan fingerprint density at radius 2 is 1.95 bits per heavy atom. The molecule has 0 saturated carbocycles. The Morgan fingerprint density at radius 3 is 2.60 bits per heavy atom. The molecule has 2 aromatic heterocycles. The smallest absolute Gasteiger partial charge is 0.221 e. The van der Waals surface area contributed by atoms with E-state index in [9.17, 15) is 4.79 Å². The molecule has 20 heavy (non-hydrogen) atoms. The normalized spacial score (nSPS) is 10.4. The van der Waals surface area contributed by atoms with Gasteiger partial charge >= 0.3 is 0 Å². The summed E-state index contributed by atoms with van der Waals surface area (Å²) in [6.07, 6.45) is 0. The molecule has 0 atom stereocenters. The Morgan fingerprint density at radius 1 is 1.15 bits per heavy atom. The van der Waals surface area contributed by atoms with Gasteiger partial charge in [0.05, 0.1) is 4.88 Å². The number of hydrogen-bond acceptors (Lipinski definition) is 4. The van der Waals surface area contributed by atoms with Crippen molar-refractivity contribution in [2.24, 2.45) is 0 Å². The molecule has 0 aliphatic rings. The molecule has 0 bridgehead atoms. The summed E-state index contributed by atoms with van der Waals surface area (Å²) >= 11 is 3.12. The lowest BCUT2D eigenvalue weighted by Crippen LogP contribution is -2.04. The van der Waals surface area contributed by atoms with Crippen LogP contribution in [0, 0.1) is 0 Å². The molecule has 1 aromatic carbocycles. The van der Waals surface area contributed by atoms with Crippen LogP contribution in [-0.4, -0.2) is 10.9 Å². The molecule has 3 nitrogen and oxygen atoms in total. The standard InChI is InChI=1S/C15H12N2OS2/c1-10(18)16-15-13(12-8-5-9-19-12)17-14(20-15)11-6-3-2-4-7-11/h2-9H,1H3,(H,16,18). The van der Waals surface area contributed by atoms with Gasteiger partial charge in [0.2, 0.25) is 5.91 Å². The third-order valence-corrected chi connectivity index (χ3v) is 4.59. The average molecular weight is 300 g/mol. The molecule has 1 amide bonds. The summed E-state index contributed by atoms with van der Waals surface area (Å²) in [5, 5.41) is 6.60. The van der Waals surface area contributed by atoms with Gasteiger partial charge in [-0.3, -0.25) is 4.79 Å². The van der Waals surface area contributed by atoms with Crippen LogP contribution in [0.15, 0.2) is 47.8 Å². The second-order valence-corrected chi connectivity index (χ2v) is 6.17. The largest absolute Gasteiger partial charge is 0.316 e. The molecule has 0 spiro atoms. The number of rotatable bonds is 3. The van der Waals surface area contributed by atoms with E-state index in [0.29, 0.717) is 0 Å². The summed E-state index contributed by atoms with van der Waals surface area (Å²) in [6, 6.07) is 14.0. The Hall–Kier alpha value is -1.98.